The average Bonchev–Trinajstić information content (AvgIpc) is 2.90. The minimum Gasteiger partial charge on any atom is -0.482 e. The molecule has 0 aliphatic carbocycles. The van der Waals surface area contributed by atoms with Gasteiger partial charge in [-0.25, -0.2) is 4.79 Å². The molecule has 39 heavy (non-hydrogen) atoms. The van der Waals surface area contributed by atoms with Crippen molar-refractivity contribution in [2.24, 2.45) is 0 Å². The molecule has 10 nitrogen and oxygen atoms in total. The van der Waals surface area contributed by atoms with Crippen LogP contribution in [-0.2, 0) is 25.5 Å². The highest BCUT2D eigenvalue weighted by molar-refractivity contribution is 5.98. The highest BCUT2D eigenvalue weighted by Crippen LogP contribution is 2.35. The van der Waals surface area contributed by atoms with Gasteiger partial charge >= 0.3 is 6.09 Å². The van der Waals surface area contributed by atoms with E-state index in [0.717, 1.165) is 16.7 Å². The number of fused-ring (bicyclic) bond motifs is 1. The number of nitrogens with one attached hydrogen (secondary N) is 2. The summed E-state index contributed by atoms with van der Waals surface area (Å²) in [6.45, 7) is 5.89. The summed E-state index contributed by atoms with van der Waals surface area (Å²) < 4.78 is 16.3. The van der Waals surface area contributed by atoms with Gasteiger partial charge in [-0.2, -0.15) is 5.26 Å². The second-order valence-electron chi connectivity index (χ2n) is 10.8. The fraction of sp³-hybridized carbons (Fsp3) is 0.448. The van der Waals surface area contributed by atoms with Gasteiger partial charge in [-0.15, -0.1) is 0 Å². The summed E-state index contributed by atoms with van der Waals surface area (Å²) in [5.41, 5.74) is 1.50. The second kappa shape index (κ2) is 11.3. The van der Waals surface area contributed by atoms with Crippen molar-refractivity contribution >= 4 is 23.6 Å². The molecule has 1 saturated heterocycles. The zero-order valence-electron chi connectivity index (χ0n) is 22.7. The maximum absolute atomic E-state index is 13.4. The van der Waals surface area contributed by atoms with Crippen molar-refractivity contribution in [3.63, 3.8) is 0 Å². The van der Waals surface area contributed by atoms with Gasteiger partial charge in [-0.05, 0) is 49.6 Å². The summed E-state index contributed by atoms with van der Waals surface area (Å²) in [6, 6.07) is 14.7. The smallest absolute Gasteiger partial charge is 0.408 e. The molecule has 4 rings (SSSR count). The van der Waals surface area contributed by atoms with E-state index in [1.165, 1.54) is 0 Å². The van der Waals surface area contributed by atoms with Crippen molar-refractivity contribution in [3.8, 4) is 22.9 Å². The number of ether oxygens (including phenoxy) is 3. The Morgan fingerprint density at radius 3 is 2.44 bits per heavy atom. The van der Waals surface area contributed by atoms with Gasteiger partial charge < -0.3 is 29.7 Å². The number of nitrogens with zero attached hydrogens (tertiary/aromatic N) is 2. The van der Waals surface area contributed by atoms with Crippen LogP contribution in [0.5, 0.6) is 5.75 Å². The van der Waals surface area contributed by atoms with E-state index in [1.807, 2.05) is 42.5 Å². The van der Waals surface area contributed by atoms with Crippen molar-refractivity contribution in [3.05, 3.63) is 48.0 Å². The third kappa shape index (κ3) is 6.67. The van der Waals surface area contributed by atoms with Crippen molar-refractivity contribution in [1.82, 2.24) is 10.6 Å². The van der Waals surface area contributed by atoms with E-state index < -0.39 is 29.2 Å². The lowest BCUT2D eigenvalue weighted by molar-refractivity contribution is -0.132. The largest absolute Gasteiger partial charge is 0.482 e. The van der Waals surface area contributed by atoms with Crippen LogP contribution in [0.1, 0.15) is 39.2 Å². The molecule has 1 fully saturated rings. The first kappa shape index (κ1) is 27.9. The van der Waals surface area contributed by atoms with Crippen LogP contribution < -0.4 is 20.3 Å². The molecular weight excluding hydrogens is 500 g/mol. The number of nitriles is 1. The number of hydrogen-bond acceptors (Lipinski definition) is 7. The third-order valence-electron chi connectivity index (χ3n) is 6.76. The molecule has 2 N–H and O–H groups in total. The monoisotopic (exact) mass is 534 g/mol. The summed E-state index contributed by atoms with van der Waals surface area (Å²) >= 11 is 0. The lowest BCUT2D eigenvalue weighted by Crippen LogP contribution is -2.63. The van der Waals surface area contributed by atoms with Crippen LogP contribution in [0.4, 0.5) is 10.5 Å². The van der Waals surface area contributed by atoms with Crippen molar-refractivity contribution < 1.29 is 28.6 Å². The SMILES string of the molecule is CN1C(=O)COc2ccc(-c3ccc(CC(C#N)NC(=O)C4(NC(=O)OC(C)(C)C)CCOCC4)cc3)cc21. The number of hydrogen-bond donors (Lipinski definition) is 2. The maximum atomic E-state index is 13.4. The van der Waals surface area contributed by atoms with Crippen LogP contribution in [0.3, 0.4) is 0 Å². The first-order valence-corrected chi connectivity index (χ1v) is 12.9. The molecule has 0 radical (unpaired) electrons. The lowest BCUT2D eigenvalue weighted by Gasteiger charge is -2.37. The number of carbonyl (C=O) groups excluding carboxylic acids is 3. The molecule has 2 aliphatic rings. The lowest BCUT2D eigenvalue weighted by atomic mass is 9.88. The van der Waals surface area contributed by atoms with E-state index >= 15 is 0 Å². The number of carbonyl (C=O) groups is 3. The quantitative estimate of drug-likeness (QED) is 0.581. The zero-order valence-corrected chi connectivity index (χ0v) is 22.7. The molecule has 0 spiro atoms. The van der Waals surface area contributed by atoms with Gasteiger partial charge in [-0.1, -0.05) is 30.3 Å². The molecule has 206 valence electrons. The van der Waals surface area contributed by atoms with Crippen molar-refractivity contribution in [2.45, 2.75) is 57.2 Å². The molecule has 0 saturated carbocycles. The normalized spacial score (nSPS) is 17.2. The van der Waals surface area contributed by atoms with Gasteiger partial charge in [-0.3, -0.25) is 9.59 Å². The van der Waals surface area contributed by atoms with Crippen LogP contribution >= 0.6 is 0 Å². The summed E-state index contributed by atoms with van der Waals surface area (Å²) in [5, 5.41) is 15.3. The standard InChI is InChI=1S/C29H34N4O6/c1-28(2,3)39-27(36)32-29(11-13-37-14-12-29)26(35)31-22(17-30)15-19-5-7-20(8-6-19)21-9-10-24-23(16-21)33(4)25(34)18-38-24/h5-10,16,22H,11-15,18H2,1-4H3,(H,31,35)(H,32,36). The molecule has 2 heterocycles. The topological polar surface area (TPSA) is 130 Å². The van der Waals surface area contributed by atoms with E-state index in [-0.39, 0.29) is 31.8 Å². The Morgan fingerprint density at radius 2 is 1.79 bits per heavy atom. The second-order valence-corrected chi connectivity index (χ2v) is 10.8. The average molecular weight is 535 g/mol. The predicted molar refractivity (Wildman–Crippen MR) is 144 cm³/mol. The number of likely N-dealkylation sites (N-methyl/N-ethyl adjacent to an activating group) is 1. The van der Waals surface area contributed by atoms with Gasteiger partial charge in [0.15, 0.2) is 6.61 Å². The van der Waals surface area contributed by atoms with E-state index in [1.54, 1.807) is 32.7 Å². The Balaban J connectivity index is 1.44. The predicted octanol–water partition coefficient (Wildman–Crippen LogP) is 3.33. The minimum atomic E-state index is -1.22. The first-order valence-electron chi connectivity index (χ1n) is 12.9. The molecular formula is C29H34N4O6. The van der Waals surface area contributed by atoms with Crippen LogP contribution in [0, 0.1) is 11.3 Å². The maximum Gasteiger partial charge on any atom is 0.408 e. The molecule has 10 heteroatoms. The molecule has 2 aliphatic heterocycles. The van der Waals surface area contributed by atoms with Crippen LogP contribution in [0.25, 0.3) is 11.1 Å². The number of benzene rings is 2. The third-order valence-corrected chi connectivity index (χ3v) is 6.76. The molecule has 1 unspecified atom stereocenters. The van der Waals surface area contributed by atoms with Crippen LogP contribution in [0.2, 0.25) is 0 Å². The Kier molecular flexibility index (Phi) is 8.11. The minimum absolute atomic E-state index is 0.0279. The van der Waals surface area contributed by atoms with Gasteiger partial charge in [0, 0.05) is 39.5 Å². The highest BCUT2D eigenvalue weighted by Gasteiger charge is 2.43. The first-order chi connectivity index (χ1) is 18.5. The molecule has 2 aromatic carbocycles. The fourth-order valence-electron chi connectivity index (χ4n) is 4.57. The van der Waals surface area contributed by atoms with Crippen molar-refractivity contribution in [2.75, 3.05) is 31.8 Å². The van der Waals surface area contributed by atoms with E-state index in [9.17, 15) is 19.6 Å². The molecule has 3 amide bonds. The molecule has 1 atom stereocenters. The van der Waals surface area contributed by atoms with Gasteiger partial charge in [0.1, 0.15) is 22.9 Å². The Labute approximate surface area is 228 Å². The Morgan fingerprint density at radius 1 is 1.13 bits per heavy atom. The van der Waals surface area contributed by atoms with E-state index in [2.05, 4.69) is 16.7 Å². The highest BCUT2D eigenvalue weighted by atomic mass is 16.6. The summed E-state index contributed by atoms with van der Waals surface area (Å²) in [4.78, 5) is 39.4. The summed E-state index contributed by atoms with van der Waals surface area (Å²) in [6.07, 6.45) is 0.152. The van der Waals surface area contributed by atoms with Crippen molar-refractivity contribution in [1.29, 1.82) is 5.26 Å². The van der Waals surface area contributed by atoms with Crippen LogP contribution in [-0.4, -0.2) is 62.0 Å². The number of rotatable bonds is 6. The molecule has 2 aromatic rings. The fourth-order valence-corrected chi connectivity index (χ4v) is 4.57. The van der Waals surface area contributed by atoms with E-state index in [0.29, 0.717) is 24.7 Å². The zero-order chi connectivity index (χ0) is 28.2. The number of anilines is 1. The van der Waals surface area contributed by atoms with Gasteiger partial charge in [0.05, 0.1) is 11.8 Å². The number of alkyl carbamates (subject to hydrolysis) is 1. The van der Waals surface area contributed by atoms with E-state index in [4.69, 9.17) is 14.2 Å². The van der Waals surface area contributed by atoms with Gasteiger partial charge in [0.2, 0.25) is 5.91 Å². The summed E-state index contributed by atoms with van der Waals surface area (Å²) in [7, 11) is 1.72. The van der Waals surface area contributed by atoms with Gasteiger partial charge in [0.25, 0.3) is 5.91 Å². The molecule has 0 bridgehead atoms. The summed E-state index contributed by atoms with van der Waals surface area (Å²) in [5.74, 6) is 0.117. The Bertz CT molecular complexity index is 1270. The molecule has 0 aromatic heterocycles. The van der Waals surface area contributed by atoms with Crippen LogP contribution in [0.15, 0.2) is 42.5 Å². The number of amides is 3. The Hall–Kier alpha value is -4.10.